The number of piperidine rings is 1. The van der Waals surface area contributed by atoms with Crippen LogP contribution in [0.1, 0.15) is 39.0 Å². The monoisotopic (exact) mass is 401 g/mol. The lowest BCUT2D eigenvalue weighted by atomic mass is 9.93. The number of hydrogen-bond donors (Lipinski definition) is 1. The summed E-state index contributed by atoms with van der Waals surface area (Å²) in [6, 6.07) is 3.92. The first-order valence-corrected chi connectivity index (χ1v) is 10.5. The molecule has 1 aliphatic rings. The molecule has 1 N–H and O–H groups in total. The van der Waals surface area contributed by atoms with Crippen LogP contribution in [-0.2, 0) is 16.0 Å². The smallest absolute Gasteiger partial charge is 0.227 e. The molecular formula is C21H31N5O3. The zero-order chi connectivity index (χ0) is 20.5. The maximum atomic E-state index is 12.4. The maximum absolute atomic E-state index is 12.4. The van der Waals surface area contributed by atoms with Gasteiger partial charge in [-0.25, -0.2) is 0 Å². The van der Waals surface area contributed by atoms with E-state index in [2.05, 4.69) is 32.3 Å². The molecule has 3 rings (SSSR count). The molecule has 0 spiro atoms. The van der Waals surface area contributed by atoms with Crippen molar-refractivity contribution in [3.63, 3.8) is 0 Å². The highest BCUT2D eigenvalue weighted by Crippen LogP contribution is 2.18. The van der Waals surface area contributed by atoms with Crippen molar-refractivity contribution in [1.82, 2.24) is 25.3 Å². The number of pyridine rings is 1. The number of ether oxygens (including phenoxy) is 1. The maximum Gasteiger partial charge on any atom is 0.227 e. The molecule has 0 radical (unpaired) electrons. The van der Waals surface area contributed by atoms with E-state index >= 15 is 0 Å². The second kappa shape index (κ2) is 11.0. The standard InChI is InChI=1S/C21H31N5O3/c1-3-28-13-5-11-26-12-9-18(16(2)15-26)23-19(27)7-8-20-24-21(25-29-20)17-6-4-10-22-14-17/h4,6,10,14,16,18H,3,5,7-9,11-13,15H2,1-2H3,(H,23,27). The van der Waals surface area contributed by atoms with Gasteiger partial charge < -0.3 is 19.5 Å². The number of nitrogens with one attached hydrogen (secondary N) is 1. The van der Waals surface area contributed by atoms with Crippen LogP contribution in [0.25, 0.3) is 11.4 Å². The van der Waals surface area contributed by atoms with Gasteiger partial charge in [-0.05, 0) is 37.8 Å². The number of rotatable bonds is 10. The second-order valence-corrected chi connectivity index (χ2v) is 7.54. The minimum absolute atomic E-state index is 0.0350. The Morgan fingerprint density at radius 3 is 3.10 bits per heavy atom. The molecule has 2 aromatic heterocycles. The van der Waals surface area contributed by atoms with Crippen molar-refractivity contribution in [2.24, 2.45) is 5.92 Å². The third-order valence-corrected chi connectivity index (χ3v) is 5.26. The molecule has 0 aliphatic carbocycles. The number of carbonyl (C=O) groups excluding carboxylic acids is 1. The van der Waals surface area contributed by atoms with Gasteiger partial charge in [-0.2, -0.15) is 4.98 Å². The highest BCUT2D eigenvalue weighted by atomic mass is 16.5. The van der Waals surface area contributed by atoms with Crippen LogP contribution in [0.2, 0.25) is 0 Å². The molecule has 8 heteroatoms. The van der Waals surface area contributed by atoms with Crippen LogP contribution in [0.5, 0.6) is 0 Å². The first-order valence-electron chi connectivity index (χ1n) is 10.5. The van der Waals surface area contributed by atoms with Crippen LogP contribution in [0.15, 0.2) is 29.0 Å². The number of aryl methyl sites for hydroxylation is 1. The van der Waals surface area contributed by atoms with Crippen molar-refractivity contribution in [3.8, 4) is 11.4 Å². The number of likely N-dealkylation sites (tertiary alicyclic amines) is 1. The van der Waals surface area contributed by atoms with Gasteiger partial charge in [0.25, 0.3) is 0 Å². The average Bonchev–Trinajstić information content (AvgIpc) is 3.21. The van der Waals surface area contributed by atoms with E-state index in [0.717, 1.165) is 51.3 Å². The lowest BCUT2D eigenvalue weighted by Crippen LogP contribution is -2.50. The Labute approximate surface area is 172 Å². The number of carbonyl (C=O) groups is 1. The fourth-order valence-electron chi connectivity index (χ4n) is 3.65. The first-order chi connectivity index (χ1) is 14.2. The van der Waals surface area contributed by atoms with Gasteiger partial charge in [0.15, 0.2) is 0 Å². The van der Waals surface area contributed by atoms with Crippen molar-refractivity contribution in [2.45, 2.75) is 45.6 Å². The number of nitrogens with zero attached hydrogens (tertiary/aromatic N) is 4. The van der Waals surface area contributed by atoms with E-state index < -0.39 is 0 Å². The normalized spacial score (nSPS) is 19.9. The molecule has 1 saturated heterocycles. The predicted octanol–water partition coefficient (Wildman–Crippen LogP) is 2.32. The molecule has 3 heterocycles. The molecule has 2 unspecified atom stereocenters. The Kier molecular flexibility index (Phi) is 8.13. The van der Waals surface area contributed by atoms with Gasteiger partial charge in [-0.15, -0.1) is 0 Å². The largest absolute Gasteiger partial charge is 0.382 e. The van der Waals surface area contributed by atoms with Crippen LogP contribution in [0.3, 0.4) is 0 Å². The molecule has 0 saturated carbocycles. The van der Waals surface area contributed by atoms with Crippen molar-refractivity contribution in [3.05, 3.63) is 30.4 Å². The van der Waals surface area contributed by atoms with Gasteiger partial charge in [-0.3, -0.25) is 9.78 Å². The molecule has 2 aromatic rings. The summed E-state index contributed by atoms with van der Waals surface area (Å²) in [5.74, 6) is 1.43. The highest BCUT2D eigenvalue weighted by molar-refractivity contribution is 5.76. The van der Waals surface area contributed by atoms with Crippen molar-refractivity contribution in [2.75, 3.05) is 32.8 Å². The molecule has 8 nitrogen and oxygen atoms in total. The van der Waals surface area contributed by atoms with Crippen LogP contribution < -0.4 is 5.32 Å². The van der Waals surface area contributed by atoms with Crippen LogP contribution in [0, 0.1) is 5.92 Å². The molecule has 1 amide bonds. The number of aromatic nitrogens is 3. The Morgan fingerprint density at radius 2 is 2.34 bits per heavy atom. The average molecular weight is 402 g/mol. The summed E-state index contributed by atoms with van der Waals surface area (Å²) in [6.45, 7) is 8.90. The quantitative estimate of drug-likeness (QED) is 0.611. The predicted molar refractivity (Wildman–Crippen MR) is 109 cm³/mol. The van der Waals surface area contributed by atoms with E-state index in [1.165, 1.54) is 0 Å². The van der Waals surface area contributed by atoms with Crippen molar-refractivity contribution < 1.29 is 14.1 Å². The summed E-state index contributed by atoms with van der Waals surface area (Å²) in [4.78, 5) is 23.3. The SMILES string of the molecule is CCOCCCN1CCC(NC(=O)CCc2nc(-c3cccnc3)no2)C(C)C1. The summed E-state index contributed by atoms with van der Waals surface area (Å²) in [5, 5.41) is 7.15. The minimum Gasteiger partial charge on any atom is -0.382 e. The summed E-state index contributed by atoms with van der Waals surface area (Å²) in [5.41, 5.74) is 0.800. The van der Waals surface area contributed by atoms with E-state index in [1.807, 2.05) is 19.1 Å². The summed E-state index contributed by atoms with van der Waals surface area (Å²) < 4.78 is 10.7. The summed E-state index contributed by atoms with van der Waals surface area (Å²) in [7, 11) is 0. The Morgan fingerprint density at radius 1 is 1.45 bits per heavy atom. The minimum atomic E-state index is 0.0350. The summed E-state index contributed by atoms with van der Waals surface area (Å²) in [6.07, 6.45) is 6.20. The van der Waals surface area contributed by atoms with E-state index in [1.54, 1.807) is 12.4 Å². The second-order valence-electron chi connectivity index (χ2n) is 7.54. The third-order valence-electron chi connectivity index (χ3n) is 5.26. The van der Waals surface area contributed by atoms with Gasteiger partial charge >= 0.3 is 0 Å². The Hall–Kier alpha value is -2.32. The van der Waals surface area contributed by atoms with Gasteiger partial charge in [0, 0.05) is 69.7 Å². The van der Waals surface area contributed by atoms with E-state index in [4.69, 9.17) is 9.26 Å². The third kappa shape index (κ3) is 6.61. The zero-order valence-corrected chi connectivity index (χ0v) is 17.3. The fraction of sp³-hybridized carbons (Fsp3) is 0.619. The van der Waals surface area contributed by atoms with E-state index in [9.17, 15) is 4.79 Å². The van der Waals surface area contributed by atoms with E-state index in [-0.39, 0.29) is 11.9 Å². The topological polar surface area (TPSA) is 93.4 Å². The van der Waals surface area contributed by atoms with Crippen molar-refractivity contribution in [1.29, 1.82) is 0 Å². The molecular weight excluding hydrogens is 370 g/mol. The Bertz CT molecular complexity index is 752. The fourth-order valence-corrected chi connectivity index (χ4v) is 3.65. The van der Waals surface area contributed by atoms with Gasteiger partial charge in [-0.1, -0.05) is 12.1 Å². The van der Waals surface area contributed by atoms with Gasteiger partial charge in [0.2, 0.25) is 17.6 Å². The molecule has 29 heavy (non-hydrogen) atoms. The van der Waals surface area contributed by atoms with E-state index in [0.29, 0.717) is 30.5 Å². The lowest BCUT2D eigenvalue weighted by molar-refractivity contribution is -0.122. The molecule has 1 aliphatic heterocycles. The van der Waals surface area contributed by atoms with Crippen LogP contribution in [-0.4, -0.2) is 64.8 Å². The molecule has 0 aromatic carbocycles. The molecule has 2 atom stereocenters. The number of hydrogen-bond acceptors (Lipinski definition) is 7. The molecule has 158 valence electrons. The number of amides is 1. The zero-order valence-electron chi connectivity index (χ0n) is 17.3. The lowest BCUT2D eigenvalue weighted by Gasteiger charge is -2.37. The van der Waals surface area contributed by atoms with Crippen molar-refractivity contribution >= 4 is 5.91 Å². The van der Waals surface area contributed by atoms with Gasteiger partial charge in [0.05, 0.1) is 0 Å². The molecule has 0 bridgehead atoms. The van der Waals surface area contributed by atoms with Gasteiger partial charge in [0.1, 0.15) is 0 Å². The highest BCUT2D eigenvalue weighted by Gasteiger charge is 2.27. The Balaban J connectivity index is 1.38. The summed E-state index contributed by atoms with van der Waals surface area (Å²) >= 11 is 0. The van der Waals surface area contributed by atoms with Crippen LogP contribution in [0.4, 0.5) is 0 Å². The first kappa shape index (κ1) is 21.4. The van der Waals surface area contributed by atoms with Crippen LogP contribution >= 0.6 is 0 Å². The molecule has 1 fully saturated rings.